The Morgan fingerprint density at radius 1 is 1.89 bits per heavy atom. The highest BCUT2D eigenvalue weighted by Gasteiger charge is 2.08. The Bertz CT molecular complexity index is 92.2. The minimum Gasteiger partial charge on any atom is -0.453 e. The Morgan fingerprint density at radius 2 is 2.44 bits per heavy atom. The fourth-order valence-electron chi connectivity index (χ4n) is 0.238. The average molecular weight is 150 g/mol. The van der Waals surface area contributed by atoms with E-state index in [1.165, 1.54) is 18.7 Å². The Balaban J connectivity index is 3.28. The third kappa shape index (κ3) is 4.29. The third-order valence-corrected chi connectivity index (χ3v) is 1.01. The van der Waals surface area contributed by atoms with Gasteiger partial charge in [-0.25, -0.2) is 4.79 Å². The van der Waals surface area contributed by atoms with Crippen LogP contribution in [-0.2, 0) is 9.53 Å². The van der Waals surface area contributed by atoms with Gasteiger partial charge in [0, 0.05) is 0 Å². The van der Waals surface area contributed by atoms with Gasteiger partial charge in [0.15, 0.2) is 0 Å². The first-order valence-corrected chi connectivity index (χ1v) is 3.91. The van der Waals surface area contributed by atoms with Crippen LogP contribution in [0.3, 0.4) is 0 Å². The Morgan fingerprint density at radius 3 is 2.78 bits per heavy atom. The van der Waals surface area contributed by atoms with Crippen LogP contribution < -0.4 is 0 Å². The summed E-state index contributed by atoms with van der Waals surface area (Å²) in [5.74, 6) is -0.256. The summed E-state index contributed by atoms with van der Waals surface area (Å²) in [5, 5.41) is 8.56. The molecule has 0 fully saturated rings. The van der Waals surface area contributed by atoms with Crippen molar-refractivity contribution in [3.05, 3.63) is 0 Å². The maximum absolute atomic E-state index is 10.4. The normalized spacial score (nSPS) is 12.8. The van der Waals surface area contributed by atoms with Gasteiger partial charge in [-0.3, -0.25) is 0 Å². The molecule has 0 aromatic rings. The van der Waals surface area contributed by atoms with Crippen molar-refractivity contribution in [2.45, 2.75) is 13.0 Å². The molecule has 0 bridgehead atoms. The number of ether oxygens (including phenoxy) is 1. The smallest absolute Gasteiger partial charge is 0.335 e. The molecule has 9 heavy (non-hydrogen) atoms. The number of carbonyl (C=O) groups excluding carboxylic acids is 1. The first-order valence-electron chi connectivity index (χ1n) is 2.52. The highest BCUT2D eigenvalue weighted by Crippen LogP contribution is 1.94. The molecule has 0 aromatic heterocycles. The van der Waals surface area contributed by atoms with Gasteiger partial charge in [0.1, 0.15) is 12.0 Å². The van der Waals surface area contributed by atoms with Gasteiger partial charge in [0.2, 0.25) is 0 Å². The van der Waals surface area contributed by atoms with Crippen LogP contribution in [0.2, 0.25) is 0 Å². The predicted molar refractivity (Wildman–Crippen MR) is 36.2 cm³/mol. The number of esters is 1. The molecule has 54 valence electrons. The number of hydrogen-bond acceptors (Lipinski definition) is 4. The van der Waals surface area contributed by atoms with Crippen molar-refractivity contribution in [2.75, 3.05) is 12.2 Å². The fourth-order valence-corrected chi connectivity index (χ4v) is 0.472. The maximum Gasteiger partial charge on any atom is 0.335 e. The number of thioether (sulfide) groups is 1. The minimum atomic E-state index is -1.00. The van der Waals surface area contributed by atoms with Crippen LogP contribution in [0.15, 0.2) is 0 Å². The van der Waals surface area contributed by atoms with Crippen molar-refractivity contribution in [2.24, 2.45) is 0 Å². The SMILES string of the molecule is CSCOC(=O)C(C)O. The summed E-state index contributed by atoms with van der Waals surface area (Å²) >= 11 is 1.39. The van der Waals surface area contributed by atoms with E-state index in [2.05, 4.69) is 4.74 Å². The van der Waals surface area contributed by atoms with Crippen molar-refractivity contribution >= 4 is 17.7 Å². The fraction of sp³-hybridized carbons (Fsp3) is 0.800. The monoisotopic (exact) mass is 150 g/mol. The maximum atomic E-state index is 10.4. The first-order chi connectivity index (χ1) is 4.18. The van der Waals surface area contributed by atoms with Gasteiger partial charge in [-0.1, -0.05) is 0 Å². The molecule has 0 radical (unpaired) electrons. The van der Waals surface area contributed by atoms with Crippen molar-refractivity contribution in [3.8, 4) is 0 Å². The molecule has 3 nitrogen and oxygen atoms in total. The van der Waals surface area contributed by atoms with Gasteiger partial charge in [0.05, 0.1) is 0 Å². The van der Waals surface area contributed by atoms with Crippen molar-refractivity contribution in [1.82, 2.24) is 0 Å². The van der Waals surface area contributed by atoms with E-state index in [1.54, 1.807) is 0 Å². The van der Waals surface area contributed by atoms with Crippen LogP contribution in [0.25, 0.3) is 0 Å². The lowest BCUT2D eigenvalue weighted by Gasteiger charge is -2.02. The summed E-state index contributed by atoms with van der Waals surface area (Å²) < 4.78 is 4.53. The van der Waals surface area contributed by atoms with Gasteiger partial charge in [-0.2, -0.15) is 0 Å². The highest BCUT2D eigenvalue weighted by atomic mass is 32.2. The molecule has 1 N–H and O–H groups in total. The predicted octanol–water partition coefficient (Wildman–Crippen LogP) is 0.231. The molecule has 0 amide bonds. The van der Waals surface area contributed by atoms with Crippen molar-refractivity contribution in [1.29, 1.82) is 0 Å². The average Bonchev–Trinajstić information content (AvgIpc) is 1.82. The van der Waals surface area contributed by atoms with Gasteiger partial charge in [-0.05, 0) is 13.2 Å². The Hall–Kier alpha value is -0.220. The second-order valence-electron chi connectivity index (χ2n) is 1.55. The molecule has 0 heterocycles. The molecule has 0 spiro atoms. The summed E-state index contributed by atoms with van der Waals surface area (Å²) in [6.45, 7) is 1.38. The van der Waals surface area contributed by atoms with E-state index in [1.807, 2.05) is 6.26 Å². The van der Waals surface area contributed by atoms with Crippen LogP contribution in [0.1, 0.15) is 6.92 Å². The van der Waals surface area contributed by atoms with Crippen LogP contribution >= 0.6 is 11.8 Å². The van der Waals surface area contributed by atoms with E-state index in [0.717, 1.165) is 0 Å². The lowest BCUT2D eigenvalue weighted by atomic mass is 10.4. The van der Waals surface area contributed by atoms with E-state index in [9.17, 15) is 4.79 Å². The molecule has 0 rings (SSSR count). The van der Waals surface area contributed by atoms with Crippen LogP contribution in [0, 0.1) is 0 Å². The number of hydrogen-bond donors (Lipinski definition) is 1. The summed E-state index contributed by atoms with van der Waals surface area (Å²) in [6.07, 6.45) is 0.812. The Kier molecular flexibility index (Phi) is 4.53. The largest absolute Gasteiger partial charge is 0.453 e. The minimum absolute atomic E-state index is 0.309. The Labute approximate surface area is 58.4 Å². The highest BCUT2D eigenvalue weighted by molar-refractivity contribution is 7.98. The molecule has 0 aliphatic carbocycles. The van der Waals surface area contributed by atoms with E-state index in [0.29, 0.717) is 5.94 Å². The summed E-state index contributed by atoms with van der Waals surface area (Å²) in [7, 11) is 0. The molecule has 1 atom stereocenters. The lowest BCUT2D eigenvalue weighted by Crippen LogP contribution is -2.18. The summed E-state index contributed by atoms with van der Waals surface area (Å²) in [6, 6.07) is 0. The topological polar surface area (TPSA) is 46.5 Å². The van der Waals surface area contributed by atoms with E-state index in [-0.39, 0.29) is 0 Å². The third-order valence-electron chi connectivity index (χ3n) is 0.660. The summed E-state index contributed by atoms with van der Waals surface area (Å²) in [5.41, 5.74) is 0. The molecular formula is C5H10O3S. The van der Waals surface area contributed by atoms with E-state index >= 15 is 0 Å². The van der Waals surface area contributed by atoms with Gasteiger partial charge >= 0.3 is 5.97 Å². The lowest BCUT2D eigenvalue weighted by molar-refractivity contribution is -0.150. The van der Waals surface area contributed by atoms with Crippen molar-refractivity contribution < 1.29 is 14.6 Å². The summed E-state index contributed by atoms with van der Waals surface area (Å²) in [4.78, 5) is 10.4. The van der Waals surface area contributed by atoms with Crippen LogP contribution in [0.4, 0.5) is 0 Å². The van der Waals surface area contributed by atoms with Gasteiger partial charge < -0.3 is 9.84 Å². The van der Waals surface area contributed by atoms with E-state index in [4.69, 9.17) is 5.11 Å². The number of rotatable bonds is 3. The zero-order valence-corrected chi connectivity index (χ0v) is 6.27. The number of aliphatic hydroxyl groups is 1. The zero-order valence-electron chi connectivity index (χ0n) is 5.46. The van der Waals surface area contributed by atoms with E-state index < -0.39 is 12.1 Å². The number of aliphatic hydroxyl groups excluding tert-OH is 1. The molecule has 0 aliphatic heterocycles. The molecule has 1 unspecified atom stereocenters. The molecule has 0 saturated heterocycles. The van der Waals surface area contributed by atoms with Gasteiger partial charge in [-0.15, -0.1) is 11.8 Å². The standard InChI is InChI=1S/C5H10O3S/c1-4(6)5(7)8-3-9-2/h4,6H,3H2,1-2H3. The molecule has 0 saturated carbocycles. The van der Waals surface area contributed by atoms with Crippen LogP contribution in [0.5, 0.6) is 0 Å². The molecule has 4 heteroatoms. The molecule has 0 aliphatic rings. The van der Waals surface area contributed by atoms with Crippen LogP contribution in [-0.4, -0.2) is 29.4 Å². The van der Waals surface area contributed by atoms with Crippen molar-refractivity contribution in [3.63, 3.8) is 0 Å². The second kappa shape index (κ2) is 4.64. The quantitative estimate of drug-likeness (QED) is 0.462. The molecular weight excluding hydrogens is 140 g/mol. The molecule has 0 aromatic carbocycles. The number of carbonyl (C=O) groups is 1. The zero-order chi connectivity index (χ0) is 7.28. The first kappa shape index (κ1) is 8.78. The van der Waals surface area contributed by atoms with Gasteiger partial charge in [0.25, 0.3) is 0 Å². The second-order valence-corrected chi connectivity index (χ2v) is 2.36.